The van der Waals surface area contributed by atoms with Gasteiger partial charge < -0.3 is 9.84 Å². The number of carboxylic acid groups (broad SMARTS) is 1. The number of nitrogens with zero attached hydrogens (tertiary/aromatic N) is 3. The molecule has 0 aromatic carbocycles. The van der Waals surface area contributed by atoms with Gasteiger partial charge in [0.25, 0.3) is 0 Å². The molecule has 6 heteroatoms. The van der Waals surface area contributed by atoms with Crippen molar-refractivity contribution in [1.82, 2.24) is 15.0 Å². The minimum Gasteiger partial charge on any atom is -0.476 e. The van der Waals surface area contributed by atoms with Crippen LogP contribution in [-0.2, 0) is 17.7 Å². The lowest BCUT2D eigenvalue weighted by Gasteiger charge is -2.12. The second-order valence-electron chi connectivity index (χ2n) is 4.52. The van der Waals surface area contributed by atoms with Gasteiger partial charge in [0.15, 0.2) is 5.69 Å². The first-order chi connectivity index (χ1) is 7.95. The van der Waals surface area contributed by atoms with Crippen molar-refractivity contribution in [1.29, 1.82) is 0 Å². The van der Waals surface area contributed by atoms with E-state index in [1.807, 2.05) is 20.8 Å². The van der Waals surface area contributed by atoms with Crippen LogP contribution in [0.1, 0.15) is 37.0 Å². The van der Waals surface area contributed by atoms with E-state index in [1.54, 1.807) is 11.8 Å². The summed E-state index contributed by atoms with van der Waals surface area (Å²) in [4.78, 5) is 11.0. The van der Waals surface area contributed by atoms with Gasteiger partial charge in [-0.3, -0.25) is 0 Å². The first-order valence-electron chi connectivity index (χ1n) is 5.64. The Hall–Kier alpha value is -1.43. The summed E-state index contributed by atoms with van der Waals surface area (Å²) in [5.41, 5.74) is 0.707. The van der Waals surface area contributed by atoms with Crippen molar-refractivity contribution in [2.45, 2.75) is 39.8 Å². The molecule has 1 aromatic rings. The molecule has 1 N–H and O–H groups in total. The van der Waals surface area contributed by atoms with E-state index in [2.05, 4.69) is 10.3 Å². The van der Waals surface area contributed by atoms with Gasteiger partial charge in [-0.1, -0.05) is 19.1 Å². The van der Waals surface area contributed by atoms with Crippen LogP contribution in [0.4, 0.5) is 0 Å². The first-order valence-corrected chi connectivity index (χ1v) is 5.64. The van der Waals surface area contributed by atoms with E-state index in [-0.39, 0.29) is 11.8 Å². The number of methoxy groups -OCH3 is 1. The zero-order chi connectivity index (χ0) is 13.0. The number of hydrogen-bond donors (Lipinski definition) is 1. The Balaban J connectivity index is 3.00. The van der Waals surface area contributed by atoms with Crippen molar-refractivity contribution >= 4 is 5.97 Å². The van der Waals surface area contributed by atoms with Crippen LogP contribution in [0, 0.1) is 5.92 Å². The molecule has 0 spiro atoms. The summed E-state index contributed by atoms with van der Waals surface area (Å²) in [7, 11) is 1.61. The van der Waals surface area contributed by atoms with E-state index in [9.17, 15) is 4.79 Å². The van der Waals surface area contributed by atoms with Gasteiger partial charge in [0.05, 0.1) is 18.3 Å². The van der Waals surface area contributed by atoms with Gasteiger partial charge in [-0.15, -0.1) is 5.10 Å². The minimum absolute atomic E-state index is 0.0238. The molecule has 1 heterocycles. The number of carbonyl (C=O) groups is 1. The average Bonchev–Trinajstić information content (AvgIpc) is 2.60. The molecule has 0 aliphatic heterocycles. The Morgan fingerprint density at radius 2 is 2.12 bits per heavy atom. The lowest BCUT2D eigenvalue weighted by atomic mass is 10.1. The summed E-state index contributed by atoms with van der Waals surface area (Å²) in [6.45, 7) is 6.48. The third kappa shape index (κ3) is 3.52. The highest BCUT2D eigenvalue weighted by Crippen LogP contribution is 2.13. The minimum atomic E-state index is -1.03. The largest absolute Gasteiger partial charge is 0.476 e. The van der Waals surface area contributed by atoms with Crippen LogP contribution < -0.4 is 0 Å². The van der Waals surface area contributed by atoms with Crippen LogP contribution in [0.15, 0.2) is 0 Å². The SMILES string of the molecule is COC(C)Cn1nnc(C(=O)O)c1CC(C)C. The third-order valence-corrected chi connectivity index (χ3v) is 2.47. The van der Waals surface area contributed by atoms with Crippen molar-refractivity contribution in [3.63, 3.8) is 0 Å². The maximum atomic E-state index is 11.0. The molecule has 17 heavy (non-hydrogen) atoms. The van der Waals surface area contributed by atoms with Crippen LogP contribution in [0.3, 0.4) is 0 Å². The van der Waals surface area contributed by atoms with Crippen molar-refractivity contribution in [2.75, 3.05) is 7.11 Å². The topological polar surface area (TPSA) is 77.2 Å². The van der Waals surface area contributed by atoms with Crippen molar-refractivity contribution in [3.05, 3.63) is 11.4 Å². The molecular weight excluding hydrogens is 222 g/mol. The summed E-state index contributed by atoms with van der Waals surface area (Å²) in [6.07, 6.45) is 0.620. The first kappa shape index (κ1) is 13.6. The van der Waals surface area contributed by atoms with Gasteiger partial charge >= 0.3 is 5.97 Å². The smallest absolute Gasteiger partial charge is 0.358 e. The second kappa shape index (κ2) is 5.77. The molecule has 0 aliphatic rings. The predicted octanol–water partition coefficient (Wildman–Crippen LogP) is 1.21. The molecule has 0 aliphatic carbocycles. The molecular formula is C11H19N3O3. The molecule has 1 rings (SSSR count). The third-order valence-electron chi connectivity index (χ3n) is 2.47. The van der Waals surface area contributed by atoms with E-state index in [0.29, 0.717) is 24.6 Å². The molecule has 1 aromatic heterocycles. The second-order valence-corrected chi connectivity index (χ2v) is 4.52. The molecule has 1 unspecified atom stereocenters. The molecule has 0 bridgehead atoms. The number of rotatable bonds is 6. The van der Waals surface area contributed by atoms with Gasteiger partial charge in [-0.05, 0) is 19.3 Å². The Kier molecular flexibility index (Phi) is 4.62. The number of ether oxygens (including phenoxy) is 1. The van der Waals surface area contributed by atoms with Gasteiger partial charge in [0.2, 0.25) is 0 Å². The summed E-state index contributed by atoms with van der Waals surface area (Å²) in [6, 6.07) is 0. The van der Waals surface area contributed by atoms with Crippen molar-refractivity contribution < 1.29 is 14.6 Å². The van der Waals surface area contributed by atoms with Gasteiger partial charge in [0, 0.05) is 7.11 Å². The Labute approximate surface area is 101 Å². The van der Waals surface area contributed by atoms with E-state index < -0.39 is 5.97 Å². The van der Waals surface area contributed by atoms with E-state index in [1.165, 1.54) is 0 Å². The lowest BCUT2D eigenvalue weighted by molar-refractivity contribution is 0.0688. The molecule has 0 fully saturated rings. The maximum Gasteiger partial charge on any atom is 0.358 e. The average molecular weight is 241 g/mol. The molecule has 0 saturated heterocycles. The number of carboxylic acids is 1. The monoisotopic (exact) mass is 241 g/mol. The standard InChI is InChI=1S/C11H19N3O3/c1-7(2)5-9-10(11(15)16)12-13-14(9)6-8(3)17-4/h7-8H,5-6H2,1-4H3,(H,15,16). The lowest BCUT2D eigenvalue weighted by Crippen LogP contribution is -2.19. The van der Waals surface area contributed by atoms with Gasteiger partial charge in [-0.25, -0.2) is 9.48 Å². The molecule has 0 amide bonds. The Morgan fingerprint density at radius 1 is 1.47 bits per heavy atom. The van der Waals surface area contributed by atoms with Crippen LogP contribution >= 0.6 is 0 Å². The number of aromatic carboxylic acids is 1. The highest BCUT2D eigenvalue weighted by Gasteiger charge is 2.20. The fourth-order valence-electron chi connectivity index (χ4n) is 1.55. The summed E-state index contributed by atoms with van der Waals surface area (Å²) in [5.74, 6) is -0.680. The Morgan fingerprint density at radius 3 is 2.59 bits per heavy atom. The summed E-state index contributed by atoms with van der Waals surface area (Å²) in [5, 5.41) is 16.6. The molecule has 96 valence electrons. The normalized spacial score (nSPS) is 13.0. The van der Waals surface area contributed by atoms with Gasteiger partial charge in [0.1, 0.15) is 0 Å². The zero-order valence-corrected chi connectivity index (χ0v) is 10.7. The summed E-state index contributed by atoms with van der Waals surface area (Å²) < 4.78 is 6.77. The molecule has 6 nitrogen and oxygen atoms in total. The highest BCUT2D eigenvalue weighted by atomic mass is 16.5. The Bertz CT molecular complexity index is 387. The van der Waals surface area contributed by atoms with E-state index in [4.69, 9.17) is 9.84 Å². The van der Waals surface area contributed by atoms with E-state index in [0.717, 1.165) is 0 Å². The maximum absolute atomic E-state index is 11.0. The number of hydrogen-bond acceptors (Lipinski definition) is 4. The molecule has 0 saturated carbocycles. The van der Waals surface area contributed by atoms with Crippen LogP contribution in [0.5, 0.6) is 0 Å². The van der Waals surface area contributed by atoms with E-state index >= 15 is 0 Å². The van der Waals surface area contributed by atoms with Crippen LogP contribution in [0.2, 0.25) is 0 Å². The van der Waals surface area contributed by atoms with Crippen LogP contribution in [-0.4, -0.2) is 39.3 Å². The fourth-order valence-corrected chi connectivity index (χ4v) is 1.55. The van der Waals surface area contributed by atoms with Crippen molar-refractivity contribution in [2.24, 2.45) is 5.92 Å². The molecule has 0 radical (unpaired) electrons. The zero-order valence-electron chi connectivity index (χ0n) is 10.7. The van der Waals surface area contributed by atoms with Gasteiger partial charge in [-0.2, -0.15) is 0 Å². The predicted molar refractivity (Wildman–Crippen MR) is 62.0 cm³/mol. The molecule has 1 atom stereocenters. The summed E-state index contributed by atoms with van der Waals surface area (Å²) >= 11 is 0. The quantitative estimate of drug-likeness (QED) is 0.810. The highest BCUT2D eigenvalue weighted by molar-refractivity contribution is 5.86. The fraction of sp³-hybridized carbons (Fsp3) is 0.727. The number of aromatic nitrogens is 3. The van der Waals surface area contributed by atoms with Crippen LogP contribution in [0.25, 0.3) is 0 Å². The van der Waals surface area contributed by atoms with Crippen molar-refractivity contribution in [3.8, 4) is 0 Å².